The van der Waals surface area contributed by atoms with E-state index < -0.39 is 6.10 Å². The highest BCUT2D eigenvalue weighted by molar-refractivity contribution is 5.82. The fourth-order valence-electron chi connectivity index (χ4n) is 4.25. The van der Waals surface area contributed by atoms with Crippen molar-refractivity contribution >= 4 is 11.8 Å². The van der Waals surface area contributed by atoms with Gasteiger partial charge in [0.1, 0.15) is 0 Å². The van der Waals surface area contributed by atoms with Crippen molar-refractivity contribution in [3.63, 3.8) is 0 Å². The SMILES string of the molecule is O=C(N[C@H]1C[C@H](C(=O)NCc2ccccn2)C[C@@H]1O)C1Cc2ccccc2C1. The first-order valence-corrected chi connectivity index (χ1v) is 9.83. The first kappa shape index (κ1) is 18.6. The normalized spacial score (nSPS) is 24.0. The van der Waals surface area contributed by atoms with Crippen LogP contribution < -0.4 is 10.6 Å². The molecule has 28 heavy (non-hydrogen) atoms. The number of rotatable bonds is 5. The van der Waals surface area contributed by atoms with Gasteiger partial charge in [0, 0.05) is 18.0 Å². The van der Waals surface area contributed by atoms with Crippen LogP contribution in [0.2, 0.25) is 0 Å². The average molecular weight is 379 g/mol. The minimum absolute atomic E-state index is 0.0326. The molecule has 2 amide bonds. The second kappa shape index (κ2) is 8.10. The van der Waals surface area contributed by atoms with Crippen LogP contribution in [-0.2, 0) is 29.0 Å². The van der Waals surface area contributed by atoms with Crippen molar-refractivity contribution in [2.75, 3.05) is 0 Å². The zero-order valence-electron chi connectivity index (χ0n) is 15.7. The Balaban J connectivity index is 1.28. The number of nitrogens with one attached hydrogen (secondary N) is 2. The fourth-order valence-corrected chi connectivity index (χ4v) is 4.25. The van der Waals surface area contributed by atoms with Gasteiger partial charge in [-0.25, -0.2) is 0 Å². The maximum Gasteiger partial charge on any atom is 0.224 e. The van der Waals surface area contributed by atoms with Crippen LogP contribution in [0.1, 0.15) is 29.7 Å². The predicted molar refractivity (Wildman–Crippen MR) is 104 cm³/mol. The van der Waals surface area contributed by atoms with Gasteiger partial charge in [0.25, 0.3) is 0 Å². The van der Waals surface area contributed by atoms with E-state index in [4.69, 9.17) is 0 Å². The highest BCUT2D eigenvalue weighted by Gasteiger charge is 2.39. The number of aromatic nitrogens is 1. The molecular weight excluding hydrogens is 354 g/mol. The van der Waals surface area contributed by atoms with Gasteiger partial charge >= 0.3 is 0 Å². The Labute approximate surface area is 164 Å². The molecule has 1 aromatic carbocycles. The number of amides is 2. The molecule has 1 aromatic heterocycles. The van der Waals surface area contributed by atoms with Crippen LogP contribution in [0, 0.1) is 11.8 Å². The lowest BCUT2D eigenvalue weighted by molar-refractivity contribution is -0.127. The van der Waals surface area contributed by atoms with Gasteiger partial charge < -0.3 is 15.7 Å². The van der Waals surface area contributed by atoms with E-state index >= 15 is 0 Å². The molecule has 0 radical (unpaired) electrons. The summed E-state index contributed by atoms with van der Waals surface area (Å²) >= 11 is 0. The van der Waals surface area contributed by atoms with Crippen molar-refractivity contribution in [1.29, 1.82) is 0 Å². The van der Waals surface area contributed by atoms with Crippen molar-refractivity contribution in [2.24, 2.45) is 11.8 Å². The number of aliphatic hydroxyl groups excluding tert-OH is 1. The number of fused-ring (bicyclic) bond motifs is 1. The first-order valence-electron chi connectivity index (χ1n) is 9.83. The first-order chi connectivity index (χ1) is 13.6. The van der Waals surface area contributed by atoms with Crippen LogP contribution in [0.15, 0.2) is 48.7 Å². The molecule has 6 heteroatoms. The molecule has 2 aliphatic rings. The Morgan fingerprint density at radius 3 is 2.36 bits per heavy atom. The number of pyridine rings is 1. The number of carbonyl (C=O) groups excluding carboxylic acids is 2. The topological polar surface area (TPSA) is 91.3 Å². The monoisotopic (exact) mass is 379 g/mol. The van der Waals surface area contributed by atoms with Gasteiger partial charge in [-0.15, -0.1) is 0 Å². The van der Waals surface area contributed by atoms with E-state index in [2.05, 4.69) is 27.8 Å². The van der Waals surface area contributed by atoms with Crippen molar-refractivity contribution in [1.82, 2.24) is 15.6 Å². The summed E-state index contributed by atoms with van der Waals surface area (Å²) in [6.45, 7) is 0.365. The standard InChI is InChI=1S/C22H25N3O3/c26-20-12-17(21(27)24-13-18-7-3-4-8-23-18)11-19(20)25-22(28)16-9-14-5-1-2-6-15(14)10-16/h1-8,16-17,19-20,26H,9-13H2,(H,24,27)(H,25,28)/t17-,19-,20-/m0/s1. The molecule has 4 rings (SSSR count). The zero-order valence-corrected chi connectivity index (χ0v) is 15.7. The minimum Gasteiger partial charge on any atom is -0.391 e. The van der Waals surface area contributed by atoms with E-state index in [-0.39, 0.29) is 29.7 Å². The van der Waals surface area contributed by atoms with E-state index in [0.717, 1.165) is 18.5 Å². The molecule has 2 aromatic rings. The molecule has 3 atom stereocenters. The number of carbonyl (C=O) groups is 2. The van der Waals surface area contributed by atoms with Crippen LogP contribution in [0.25, 0.3) is 0 Å². The van der Waals surface area contributed by atoms with Crippen molar-refractivity contribution in [3.8, 4) is 0 Å². The summed E-state index contributed by atoms with van der Waals surface area (Å²) in [6.07, 6.45) is 3.29. The van der Waals surface area contributed by atoms with E-state index in [0.29, 0.717) is 19.4 Å². The maximum atomic E-state index is 12.7. The molecule has 0 saturated heterocycles. The number of hydrogen-bond donors (Lipinski definition) is 3. The highest BCUT2D eigenvalue weighted by Crippen LogP contribution is 2.29. The summed E-state index contributed by atoms with van der Waals surface area (Å²) in [5, 5.41) is 16.2. The van der Waals surface area contributed by atoms with Crippen LogP contribution >= 0.6 is 0 Å². The minimum atomic E-state index is -0.696. The van der Waals surface area contributed by atoms with Crippen molar-refractivity contribution < 1.29 is 14.7 Å². The second-order valence-corrected chi connectivity index (χ2v) is 7.76. The third-order valence-electron chi connectivity index (χ3n) is 5.82. The van der Waals surface area contributed by atoms with Crippen molar-refractivity contribution in [3.05, 3.63) is 65.5 Å². The molecule has 0 spiro atoms. The van der Waals surface area contributed by atoms with Crippen LogP contribution in [0.5, 0.6) is 0 Å². The van der Waals surface area contributed by atoms with Gasteiger partial charge in [-0.2, -0.15) is 0 Å². The molecule has 1 heterocycles. The summed E-state index contributed by atoms with van der Waals surface area (Å²) < 4.78 is 0. The Kier molecular flexibility index (Phi) is 5.39. The van der Waals surface area contributed by atoms with Crippen LogP contribution in [0.3, 0.4) is 0 Å². The number of aliphatic hydroxyl groups is 1. The smallest absolute Gasteiger partial charge is 0.224 e. The Morgan fingerprint density at radius 2 is 1.68 bits per heavy atom. The molecule has 1 saturated carbocycles. The molecule has 146 valence electrons. The van der Waals surface area contributed by atoms with Gasteiger partial charge in [-0.05, 0) is 48.9 Å². The highest BCUT2D eigenvalue weighted by atomic mass is 16.3. The summed E-state index contributed by atoms with van der Waals surface area (Å²) in [7, 11) is 0. The van der Waals surface area contributed by atoms with Crippen LogP contribution in [0.4, 0.5) is 0 Å². The van der Waals surface area contributed by atoms with Crippen LogP contribution in [-0.4, -0.2) is 34.1 Å². The van der Waals surface area contributed by atoms with E-state index in [9.17, 15) is 14.7 Å². The zero-order chi connectivity index (χ0) is 19.5. The third-order valence-corrected chi connectivity index (χ3v) is 5.82. The van der Waals surface area contributed by atoms with E-state index in [1.807, 2.05) is 30.3 Å². The second-order valence-electron chi connectivity index (χ2n) is 7.76. The Morgan fingerprint density at radius 1 is 0.964 bits per heavy atom. The van der Waals surface area contributed by atoms with E-state index in [1.54, 1.807) is 6.20 Å². The lowest BCUT2D eigenvalue weighted by atomic mass is 10.0. The van der Waals surface area contributed by atoms with Gasteiger partial charge in [0.15, 0.2) is 0 Å². The molecule has 0 bridgehead atoms. The molecule has 0 unspecified atom stereocenters. The van der Waals surface area contributed by atoms with E-state index in [1.165, 1.54) is 11.1 Å². The Bertz CT molecular complexity index is 830. The summed E-state index contributed by atoms with van der Waals surface area (Å²) in [5.74, 6) is -0.532. The number of hydrogen-bond acceptors (Lipinski definition) is 4. The summed E-state index contributed by atoms with van der Waals surface area (Å²) in [6, 6.07) is 13.3. The molecule has 2 aliphatic carbocycles. The molecule has 1 fully saturated rings. The average Bonchev–Trinajstić information content (AvgIpc) is 3.31. The number of nitrogens with zero attached hydrogens (tertiary/aromatic N) is 1. The van der Waals surface area contributed by atoms with Gasteiger partial charge in [-0.3, -0.25) is 14.6 Å². The molecule has 0 aliphatic heterocycles. The maximum absolute atomic E-state index is 12.7. The largest absolute Gasteiger partial charge is 0.391 e. The molecular formula is C22H25N3O3. The van der Waals surface area contributed by atoms with Gasteiger partial charge in [0.05, 0.1) is 24.4 Å². The molecule has 6 nitrogen and oxygen atoms in total. The summed E-state index contributed by atoms with van der Waals surface area (Å²) in [4.78, 5) is 29.3. The molecule has 3 N–H and O–H groups in total. The lowest BCUT2D eigenvalue weighted by Gasteiger charge is -2.19. The quantitative estimate of drug-likeness (QED) is 0.732. The Hall–Kier alpha value is -2.73. The van der Waals surface area contributed by atoms with Crippen molar-refractivity contribution in [2.45, 2.75) is 44.4 Å². The van der Waals surface area contributed by atoms with Gasteiger partial charge in [0.2, 0.25) is 11.8 Å². The predicted octanol–water partition coefficient (Wildman–Crippen LogP) is 1.37. The third kappa shape index (κ3) is 4.07. The number of benzene rings is 1. The summed E-state index contributed by atoms with van der Waals surface area (Å²) in [5.41, 5.74) is 3.24. The lowest BCUT2D eigenvalue weighted by Crippen LogP contribution is -2.43. The van der Waals surface area contributed by atoms with Gasteiger partial charge in [-0.1, -0.05) is 30.3 Å². The fraction of sp³-hybridized carbons (Fsp3) is 0.409.